The molecule has 1 N–H and O–H groups in total. The molecule has 0 aliphatic heterocycles. The number of aryl methyl sites for hydroxylation is 1. The van der Waals surface area contributed by atoms with Crippen molar-refractivity contribution >= 4 is 23.4 Å². The summed E-state index contributed by atoms with van der Waals surface area (Å²) in [6.07, 6.45) is 2.76. The molecule has 21 heavy (non-hydrogen) atoms. The van der Waals surface area contributed by atoms with Gasteiger partial charge in [-0.1, -0.05) is 31.1 Å². The minimum atomic E-state index is -0.0548. The van der Waals surface area contributed by atoms with Gasteiger partial charge in [-0.2, -0.15) is 4.98 Å². The molecule has 0 saturated heterocycles. The van der Waals surface area contributed by atoms with E-state index in [1.165, 1.54) is 0 Å². The van der Waals surface area contributed by atoms with Crippen LogP contribution in [-0.4, -0.2) is 22.3 Å². The zero-order chi connectivity index (χ0) is 15.2. The van der Waals surface area contributed by atoms with E-state index < -0.39 is 0 Å². The van der Waals surface area contributed by atoms with Gasteiger partial charge in [0.1, 0.15) is 0 Å². The van der Waals surface area contributed by atoms with E-state index >= 15 is 0 Å². The van der Waals surface area contributed by atoms with Crippen LogP contribution in [0.15, 0.2) is 33.7 Å². The molecular weight excluding hydrogens is 286 g/mol. The van der Waals surface area contributed by atoms with Crippen LogP contribution in [0.2, 0.25) is 0 Å². The van der Waals surface area contributed by atoms with E-state index in [1.54, 1.807) is 11.8 Å². The van der Waals surface area contributed by atoms with Gasteiger partial charge < -0.3 is 9.84 Å². The van der Waals surface area contributed by atoms with E-state index in [-0.39, 0.29) is 11.8 Å². The van der Waals surface area contributed by atoms with Crippen molar-refractivity contribution in [2.24, 2.45) is 0 Å². The molecular formula is C15H19N3O2S. The maximum absolute atomic E-state index is 12.0. The van der Waals surface area contributed by atoms with Crippen molar-refractivity contribution in [3.8, 4) is 0 Å². The fourth-order valence-electron chi connectivity index (χ4n) is 1.79. The minimum Gasteiger partial charge on any atom is -0.339 e. The van der Waals surface area contributed by atoms with Crippen molar-refractivity contribution in [2.75, 3.05) is 11.6 Å². The lowest BCUT2D eigenvalue weighted by molar-refractivity contribution is -0.116. The number of carbonyl (C=O) groups is 1. The standard InChI is InChI=1S/C15H19N3O2S/c1-10(2)15-17-14(20-18-15)9-8-13(19)16-11-6-4-5-7-12(11)21-3/h4-7,10H,8-9H2,1-3H3,(H,16,19). The molecule has 1 aromatic heterocycles. The largest absolute Gasteiger partial charge is 0.339 e. The second-order valence-electron chi connectivity index (χ2n) is 4.95. The highest BCUT2D eigenvalue weighted by molar-refractivity contribution is 7.98. The van der Waals surface area contributed by atoms with Crippen molar-refractivity contribution in [1.29, 1.82) is 0 Å². The Labute approximate surface area is 128 Å². The van der Waals surface area contributed by atoms with Gasteiger partial charge in [-0.25, -0.2) is 0 Å². The molecule has 2 aromatic rings. The van der Waals surface area contributed by atoms with Gasteiger partial charge in [0.05, 0.1) is 5.69 Å². The molecule has 1 aromatic carbocycles. The monoisotopic (exact) mass is 305 g/mol. The topological polar surface area (TPSA) is 68.0 Å². The predicted molar refractivity (Wildman–Crippen MR) is 83.6 cm³/mol. The van der Waals surface area contributed by atoms with Crippen LogP contribution in [0.1, 0.15) is 37.9 Å². The van der Waals surface area contributed by atoms with Crippen molar-refractivity contribution in [3.63, 3.8) is 0 Å². The number of nitrogens with one attached hydrogen (secondary N) is 1. The van der Waals surface area contributed by atoms with Gasteiger partial charge >= 0.3 is 0 Å². The van der Waals surface area contributed by atoms with Crippen molar-refractivity contribution in [3.05, 3.63) is 36.0 Å². The molecule has 5 nitrogen and oxygen atoms in total. The van der Waals surface area contributed by atoms with E-state index in [1.807, 2.05) is 44.4 Å². The maximum Gasteiger partial charge on any atom is 0.227 e. The number of benzene rings is 1. The van der Waals surface area contributed by atoms with Crippen LogP contribution in [0.5, 0.6) is 0 Å². The molecule has 1 heterocycles. The number of nitrogens with zero attached hydrogens (tertiary/aromatic N) is 2. The molecule has 112 valence electrons. The number of amides is 1. The van der Waals surface area contributed by atoms with Crippen LogP contribution in [-0.2, 0) is 11.2 Å². The third kappa shape index (κ3) is 4.32. The first-order chi connectivity index (χ1) is 10.1. The van der Waals surface area contributed by atoms with Crippen molar-refractivity contribution in [2.45, 2.75) is 37.5 Å². The fourth-order valence-corrected chi connectivity index (χ4v) is 2.34. The lowest BCUT2D eigenvalue weighted by Gasteiger charge is -2.08. The van der Waals surface area contributed by atoms with Crippen molar-refractivity contribution in [1.82, 2.24) is 10.1 Å². The lowest BCUT2D eigenvalue weighted by atomic mass is 10.2. The number of anilines is 1. The van der Waals surface area contributed by atoms with Crippen LogP contribution < -0.4 is 5.32 Å². The molecule has 6 heteroatoms. The number of rotatable bonds is 6. The summed E-state index contributed by atoms with van der Waals surface area (Å²) >= 11 is 1.60. The van der Waals surface area contributed by atoms with E-state index in [0.29, 0.717) is 24.6 Å². The Kier molecular flexibility index (Phi) is 5.38. The molecule has 0 radical (unpaired) electrons. The molecule has 0 bridgehead atoms. The Morgan fingerprint density at radius 1 is 1.38 bits per heavy atom. The molecule has 0 fully saturated rings. The average molecular weight is 305 g/mol. The highest BCUT2D eigenvalue weighted by Gasteiger charge is 2.12. The summed E-state index contributed by atoms with van der Waals surface area (Å²) in [5.41, 5.74) is 0.836. The van der Waals surface area contributed by atoms with Crippen molar-refractivity contribution < 1.29 is 9.32 Å². The number of hydrogen-bond donors (Lipinski definition) is 1. The number of para-hydroxylation sites is 1. The Balaban J connectivity index is 1.89. The Morgan fingerprint density at radius 2 is 2.14 bits per heavy atom. The first kappa shape index (κ1) is 15.6. The van der Waals surface area contributed by atoms with Gasteiger partial charge in [-0.05, 0) is 18.4 Å². The third-order valence-electron chi connectivity index (χ3n) is 2.95. The molecule has 0 unspecified atom stereocenters. The molecule has 0 spiro atoms. The highest BCUT2D eigenvalue weighted by Crippen LogP contribution is 2.24. The van der Waals surface area contributed by atoms with E-state index in [9.17, 15) is 4.79 Å². The van der Waals surface area contributed by atoms with Crippen LogP contribution in [0.4, 0.5) is 5.69 Å². The lowest BCUT2D eigenvalue weighted by Crippen LogP contribution is -2.13. The van der Waals surface area contributed by atoms with Crippen LogP contribution in [0, 0.1) is 0 Å². The fraction of sp³-hybridized carbons (Fsp3) is 0.400. The average Bonchev–Trinajstić information content (AvgIpc) is 2.95. The third-order valence-corrected chi connectivity index (χ3v) is 3.74. The van der Waals surface area contributed by atoms with Gasteiger partial charge in [0.2, 0.25) is 11.8 Å². The quantitative estimate of drug-likeness (QED) is 0.827. The predicted octanol–water partition coefficient (Wildman–Crippen LogP) is 3.49. The minimum absolute atomic E-state index is 0.0548. The summed E-state index contributed by atoms with van der Waals surface area (Å²) in [4.78, 5) is 17.3. The Morgan fingerprint density at radius 3 is 2.81 bits per heavy atom. The van der Waals surface area contributed by atoms with Gasteiger partial charge in [0, 0.05) is 23.7 Å². The summed E-state index contributed by atoms with van der Waals surface area (Å²) in [6, 6.07) is 7.73. The van der Waals surface area contributed by atoms with Gasteiger partial charge in [0.15, 0.2) is 5.82 Å². The second-order valence-corrected chi connectivity index (χ2v) is 5.80. The zero-order valence-electron chi connectivity index (χ0n) is 12.4. The maximum atomic E-state index is 12.0. The number of thioether (sulfide) groups is 1. The smallest absolute Gasteiger partial charge is 0.227 e. The van der Waals surface area contributed by atoms with E-state index in [0.717, 1.165) is 10.6 Å². The van der Waals surface area contributed by atoms with Crippen LogP contribution >= 0.6 is 11.8 Å². The molecule has 0 aliphatic carbocycles. The first-order valence-corrected chi connectivity index (χ1v) is 8.08. The summed E-state index contributed by atoms with van der Waals surface area (Å²) < 4.78 is 5.13. The Hall–Kier alpha value is -1.82. The van der Waals surface area contributed by atoms with Crippen LogP contribution in [0.3, 0.4) is 0 Å². The second kappa shape index (κ2) is 7.26. The molecule has 1 amide bonds. The number of hydrogen-bond acceptors (Lipinski definition) is 5. The zero-order valence-corrected chi connectivity index (χ0v) is 13.2. The van der Waals surface area contributed by atoms with E-state index in [2.05, 4.69) is 15.5 Å². The van der Waals surface area contributed by atoms with Gasteiger partial charge in [-0.3, -0.25) is 4.79 Å². The number of aromatic nitrogens is 2. The molecule has 2 rings (SSSR count). The van der Waals surface area contributed by atoms with E-state index in [4.69, 9.17) is 4.52 Å². The van der Waals surface area contributed by atoms with Gasteiger partial charge in [0.25, 0.3) is 0 Å². The SMILES string of the molecule is CSc1ccccc1NC(=O)CCc1nc(C(C)C)no1. The highest BCUT2D eigenvalue weighted by atomic mass is 32.2. The first-order valence-electron chi connectivity index (χ1n) is 6.85. The normalized spacial score (nSPS) is 10.9. The summed E-state index contributed by atoms with van der Waals surface area (Å²) in [6.45, 7) is 4.00. The summed E-state index contributed by atoms with van der Waals surface area (Å²) in [7, 11) is 0. The summed E-state index contributed by atoms with van der Waals surface area (Å²) in [5, 5.41) is 6.80. The Bertz CT molecular complexity index is 610. The molecule has 0 saturated carbocycles. The summed E-state index contributed by atoms with van der Waals surface area (Å²) in [5.74, 6) is 1.36. The van der Waals surface area contributed by atoms with Crippen LogP contribution in [0.25, 0.3) is 0 Å². The number of carbonyl (C=O) groups excluding carboxylic acids is 1. The molecule has 0 aliphatic rings. The molecule has 0 atom stereocenters. The van der Waals surface area contributed by atoms with Gasteiger partial charge in [-0.15, -0.1) is 11.8 Å².